The minimum absolute atomic E-state index is 0.469. The van der Waals surface area contributed by atoms with Crippen molar-refractivity contribution in [1.82, 2.24) is 10.2 Å². The summed E-state index contributed by atoms with van der Waals surface area (Å²) in [6.45, 7) is 4.64. The molecule has 0 aromatic heterocycles. The maximum atomic E-state index is 12.1. The molecule has 0 aliphatic carbocycles. The van der Waals surface area contributed by atoms with Crippen molar-refractivity contribution in [3.8, 4) is 0 Å². The van der Waals surface area contributed by atoms with Gasteiger partial charge in [0.05, 0.1) is 0 Å². The van der Waals surface area contributed by atoms with E-state index >= 15 is 0 Å². The Balaban J connectivity index is 2.72. The lowest BCUT2D eigenvalue weighted by atomic mass is 10.2. The number of aliphatic carboxylic acids is 1. The van der Waals surface area contributed by atoms with Crippen LogP contribution in [0.2, 0.25) is 0 Å². The standard InChI is InChI=1S/C13H18N2O5/c1-13(2,3)20-12(19)14-9-6-4-5-7-15(11(9)18)8-10(16)17/h4-7,9H,8H2,1-3H3,(H,14,19)(H,16,17)/t9-/m0/s1. The molecule has 20 heavy (non-hydrogen) atoms. The van der Waals surface area contributed by atoms with Crippen LogP contribution in [0.4, 0.5) is 4.79 Å². The zero-order chi connectivity index (χ0) is 15.3. The summed E-state index contributed by atoms with van der Waals surface area (Å²) in [5, 5.41) is 11.1. The summed E-state index contributed by atoms with van der Waals surface area (Å²) in [5.74, 6) is -1.68. The van der Waals surface area contributed by atoms with Gasteiger partial charge in [0, 0.05) is 6.20 Å². The van der Waals surface area contributed by atoms with Crippen LogP contribution in [0.1, 0.15) is 20.8 Å². The molecule has 0 aromatic rings. The van der Waals surface area contributed by atoms with Crippen molar-refractivity contribution in [2.45, 2.75) is 32.4 Å². The van der Waals surface area contributed by atoms with Crippen LogP contribution in [0.15, 0.2) is 24.4 Å². The number of carboxylic acid groups (broad SMARTS) is 1. The van der Waals surface area contributed by atoms with Crippen LogP contribution in [-0.2, 0) is 14.3 Å². The highest BCUT2D eigenvalue weighted by Gasteiger charge is 2.27. The largest absolute Gasteiger partial charge is 0.480 e. The van der Waals surface area contributed by atoms with E-state index in [1.54, 1.807) is 26.8 Å². The molecule has 0 saturated heterocycles. The summed E-state index contributed by atoms with van der Waals surface area (Å²) in [5.41, 5.74) is -0.680. The normalized spacial score (nSPS) is 18.6. The van der Waals surface area contributed by atoms with Gasteiger partial charge in [-0.25, -0.2) is 4.79 Å². The molecule has 1 aliphatic heterocycles. The van der Waals surface area contributed by atoms with E-state index in [1.807, 2.05) is 0 Å². The lowest BCUT2D eigenvalue weighted by molar-refractivity contribution is -0.142. The number of carbonyl (C=O) groups excluding carboxylic acids is 2. The van der Waals surface area contributed by atoms with Crippen LogP contribution >= 0.6 is 0 Å². The molecular formula is C13H18N2O5. The highest BCUT2D eigenvalue weighted by Crippen LogP contribution is 2.09. The summed E-state index contributed by atoms with van der Waals surface area (Å²) in [6, 6.07) is -0.959. The number of ether oxygens (including phenoxy) is 1. The van der Waals surface area contributed by atoms with E-state index in [0.717, 1.165) is 4.90 Å². The number of hydrogen-bond donors (Lipinski definition) is 2. The van der Waals surface area contributed by atoms with Gasteiger partial charge in [-0.3, -0.25) is 9.59 Å². The van der Waals surface area contributed by atoms with E-state index in [-0.39, 0.29) is 0 Å². The number of carboxylic acids is 1. The third-order valence-corrected chi connectivity index (χ3v) is 2.21. The summed E-state index contributed by atoms with van der Waals surface area (Å²) in [7, 11) is 0. The summed E-state index contributed by atoms with van der Waals surface area (Å²) in [6.07, 6.45) is 5.16. The fraction of sp³-hybridized carbons (Fsp3) is 0.462. The molecule has 0 bridgehead atoms. The predicted molar refractivity (Wildman–Crippen MR) is 70.8 cm³/mol. The highest BCUT2D eigenvalue weighted by atomic mass is 16.6. The Morgan fingerprint density at radius 2 is 2.05 bits per heavy atom. The molecule has 0 fully saturated rings. The third kappa shape index (κ3) is 5.13. The smallest absolute Gasteiger partial charge is 0.408 e. The van der Waals surface area contributed by atoms with Gasteiger partial charge in [0.2, 0.25) is 0 Å². The van der Waals surface area contributed by atoms with Gasteiger partial charge in [0.15, 0.2) is 0 Å². The van der Waals surface area contributed by atoms with Crippen LogP contribution in [0.25, 0.3) is 0 Å². The molecule has 110 valence electrons. The molecule has 0 saturated carbocycles. The average Bonchev–Trinajstić information content (AvgIpc) is 2.41. The van der Waals surface area contributed by atoms with Crippen molar-refractivity contribution in [3.63, 3.8) is 0 Å². The molecule has 1 heterocycles. The Bertz CT molecular complexity index is 462. The minimum Gasteiger partial charge on any atom is -0.480 e. The van der Waals surface area contributed by atoms with E-state index in [9.17, 15) is 14.4 Å². The second-order valence-corrected chi connectivity index (χ2v) is 5.21. The topological polar surface area (TPSA) is 95.9 Å². The molecule has 7 nitrogen and oxygen atoms in total. The first-order valence-electron chi connectivity index (χ1n) is 6.06. The van der Waals surface area contributed by atoms with E-state index < -0.39 is 36.2 Å². The van der Waals surface area contributed by atoms with E-state index in [1.165, 1.54) is 18.4 Å². The molecule has 7 heteroatoms. The third-order valence-electron chi connectivity index (χ3n) is 2.21. The lowest BCUT2D eigenvalue weighted by Crippen LogP contribution is -2.47. The van der Waals surface area contributed by atoms with E-state index in [4.69, 9.17) is 9.84 Å². The molecular weight excluding hydrogens is 264 g/mol. The van der Waals surface area contributed by atoms with Gasteiger partial charge in [-0.15, -0.1) is 0 Å². The van der Waals surface area contributed by atoms with Crippen LogP contribution in [0.5, 0.6) is 0 Å². The van der Waals surface area contributed by atoms with Crippen LogP contribution in [-0.4, -0.2) is 46.2 Å². The minimum atomic E-state index is -1.14. The van der Waals surface area contributed by atoms with Crippen molar-refractivity contribution < 1.29 is 24.2 Å². The monoisotopic (exact) mass is 282 g/mol. The Morgan fingerprint density at radius 1 is 1.40 bits per heavy atom. The number of rotatable bonds is 3. The van der Waals surface area contributed by atoms with E-state index in [0.29, 0.717) is 0 Å². The Labute approximate surface area is 116 Å². The van der Waals surface area contributed by atoms with Crippen LogP contribution in [0.3, 0.4) is 0 Å². The molecule has 1 aliphatic rings. The van der Waals surface area contributed by atoms with Gasteiger partial charge < -0.3 is 20.1 Å². The number of amides is 2. The van der Waals surface area contributed by atoms with Crippen LogP contribution in [0, 0.1) is 0 Å². The van der Waals surface area contributed by atoms with Gasteiger partial charge in [0.25, 0.3) is 5.91 Å². The van der Waals surface area contributed by atoms with Crippen molar-refractivity contribution in [1.29, 1.82) is 0 Å². The second-order valence-electron chi connectivity index (χ2n) is 5.21. The first-order chi connectivity index (χ1) is 9.19. The number of allylic oxidation sites excluding steroid dienone is 2. The Kier molecular flexibility index (Phi) is 4.90. The maximum Gasteiger partial charge on any atom is 0.408 e. The zero-order valence-electron chi connectivity index (χ0n) is 11.6. The fourth-order valence-corrected chi connectivity index (χ4v) is 1.48. The average molecular weight is 282 g/mol. The van der Waals surface area contributed by atoms with Crippen LogP contribution < -0.4 is 5.32 Å². The predicted octanol–water partition coefficient (Wildman–Crippen LogP) is 0.876. The van der Waals surface area contributed by atoms with Gasteiger partial charge in [-0.05, 0) is 26.8 Å². The van der Waals surface area contributed by atoms with Crippen molar-refractivity contribution in [2.75, 3.05) is 6.54 Å². The number of carbonyl (C=O) groups is 3. The Hall–Kier alpha value is -2.31. The van der Waals surface area contributed by atoms with Gasteiger partial charge >= 0.3 is 12.1 Å². The van der Waals surface area contributed by atoms with Crippen molar-refractivity contribution >= 4 is 18.0 Å². The van der Waals surface area contributed by atoms with Crippen molar-refractivity contribution in [3.05, 3.63) is 24.4 Å². The van der Waals surface area contributed by atoms with Gasteiger partial charge in [-0.1, -0.05) is 12.2 Å². The fourth-order valence-electron chi connectivity index (χ4n) is 1.48. The molecule has 0 unspecified atom stereocenters. The molecule has 0 aromatic carbocycles. The molecule has 2 N–H and O–H groups in total. The molecule has 0 radical (unpaired) electrons. The second kappa shape index (κ2) is 6.23. The summed E-state index contributed by atoms with van der Waals surface area (Å²) >= 11 is 0. The first kappa shape index (κ1) is 15.7. The summed E-state index contributed by atoms with van der Waals surface area (Å²) < 4.78 is 5.05. The highest BCUT2D eigenvalue weighted by molar-refractivity contribution is 5.90. The zero-order valence-corrected chi connectivity index (χ0v) is 11.6. The SMILES string of the molecule is CC(C)(C)OC(=O)N[C@H]1C=CC=CN(CC(=O)O)C1=O. The number of hydrogen-bond acceptors (Lipinski definition) is 4. The van der Waals surface area contributed by atoms with Gasteiger partial charge in [-0.2, -0.15) is 0 Å². The van der Waals surface area contributed by atoms with Gasteiger partial charge in [0.1, 0.15) is 18.2 Å². The van der Waals surface area contributed by atoms with Crippen molar-refractivity contribution in [2.24, 2.45) is 0 Å². The molecule has 0 spiro atoms. The molecule has 1 atom stereocenters. The molecule has 1 rings (SSSR count). The lowest BCUT2D eigenvalue weighted by Gasteiger charge is -2.23. The number of alkyl carbamates (subject to hydrolysis) is 1. The maximum absolute atomic E-state index is 12.1. The van der Waals surface area contributed by atoms with E-state index in [2.05, 4.69) is 5.32 Å². The quantitative estimate of drug-likeness (QED) is 0.801. The number of nitrogens with one attached hydrogen (secondary N) is 1. The first-order valence-corrected chi connectivity index (χ1v) is 6.06. The number of nitrogens with zero attached hydrogens (tertiary/aromatic N) is 1. The Morgan fingerprint density at radius 3 is 2.60 bits per heavy atom. The molecule has 2 amide bonds. The summed E-state index contributed by atoms with van der Waals surface area (Å²) in [4.78, 5) is 35.4.